The summed E-state index contributed by atoms with van der Waals surface area (Å²) in [7, 11) is 1.45. The van der Waals surface area contributed by atoms with Gasteiger partial charge in [0.2, 0.25) is 0 Å². The standard InChI is InChI=1S/C20H25N3O3/c1-26-18(24)11-20-7-3-2-5-17(20)23(10-4-8-20)19(25)15-12-21-13-16-14(15)6-9-22-16/h6,9,12-13,17,22H,2-5,7-8,10-11H2,1H3/t17-,20+/m0/s1. The molecule has 2 aliphatic rings. The van der Waals surface area contributed by atoms with Gasteiger partial charge in [-0.1, -0.05) is 12.8 Å². The van der Waals surface area contributed by atoms with Crippen LogP contribution in [0.1, 0.15) is 55.3 Å². The predicted octanol–water partition coefficient (Wildman–Crippen LogP) is 3.29. The average molecular weight is 355 g/mol. The van der Waals surface area contributed by atoms with E-state index in [9.17, 15) is 9.59 Å². The molecule has 138 valence electrons. The van der Waals surface area contributed by atoms with Crippen LogP contribution in [0.15, 0.2) is 24.7 Å². The molecule has 6 nitrogen and oxygen atoms in total. The van der Waals surface area contributed by atoms with Crippen molar-refractivity contribution in [1.82, 2.24) is 14.9 Å². The topological polar surface area (TPSA) is 75.3 Å². The summed E-state index contributed by atoms with van der Waals surface area (Å²) < 4.78 is 4.97. The smallest absolute Gasteiger partial charge is 0.306 e. The van der Waals surface area contributed by atoms with Gasteiger partial charge in [0.25, 0.3) is 5.91 Å². The Morgan fingerprint density at radius 1 is 1.31 bits per heavy atom. The van der Waals surface area contributed by atoms with Crippen molar-refractivity contribution >= 4 is 22.8 Å². The van der Waals surface area contributed by atoms with Crippen molar-refractivity contribution in [3.05, 3.63) is 30.2 Å². The number of carbonyl (C=O) groups is 2. The Hall–Kier alpha value is -2.37. The number of carbonyl (C=O) groups excluding carboxylic acids is 2. The van der Waals surface area contributed by atoms with Crippen LogP contribution in [0.2, 0.25) is 0 Å². The van der Waals surface area contributed by atoms with Crippen LogP contribution in [0.5, 0.6) is 0 Å². The van der Waals surface area contributed by atoms with Gasteiger partial charge < -0.3 is 14.6 Å². The van der Waals surface area contributed by atoms with E-state index in [1.165, 1.54) is 7.11 Å². The molecule has 0 spiro atoms. The number of nitrogens with zero attached hydrogens (tertiary/aromatic N) is 2. The molecular weight excluding hydrogens is 330 g/mol. The number of piperidine rings is 1. The van der Waals surface area contributed by atoms with Gasteiger partial charge in [-0.25, -0.2) is 0 Å². The number of methoxy groups -OCH3 is 1. The number of ether oxygens (including phenoxy) is 1. The van der Waals surface area contributed by atoms with Crippen LogP contribution in [0.25, 0.3) is 10.9 Å². The molecule has 6 heteroatoms. The van der Waals surface area contributed by atoms with Crippen molar-refractivity contribution in [1.29, 1.82) is 0 Å². The van der Waals surface area contributed by atoms with Crippen molar-refractivity contribution in [2.45, 2.75) is 51.0 Å². The number of esters is 1. The summed E-state index contributed by atoms with van der Waals surface area (Å²) in [4.78, 5) is 34.9. The third-order valence-electron chi connectivity index (χ3n) is 6.25. The lowest BCUT2D eigenvalue weighted by molar-refractivity contribution is -0.146. The molecule has 0 radical (unpaired) electrons. The van der Waals surface area contributed by atoms with Crippen molar-refractivity contribution < 1.29 is 14.3 Å². The Kier molecular flexibility index (Phi) is 4.42. The van der Waals surface area contributed by atoms with E-state index in [0.717, 1.165) is 56.0 Å². The van der Waals surface area contributed by atoms with Crippen molar-refractivity contribution in [3.63, 3.8) is 0 Å². The summed E-state index contributed by atoms with van der Waals surface area (Å²) in [5.74, 6) is -0.135. The summed E-state index contributed by atoms with van der Waals surface area (Å²) in [5, 5.41) is 0.907. The number of nitrogens with one attached hydrogen (secondary N) is 1. The summed E-state index contributed by atoms with van der Waals surface area (Å²) in [6.07, 6.45) is 11.7. The van der Waals surface area contributed by atoms with Gasteiger partial charge >= 0.3 is 5.97 Å². The van der Waals surface area contributed by atoms with Gasteiger partial charge in [0.1, 0.15) is 0 Å². The first-order valence-corrected chi connectivity index (χ1v) is 9.43. The third-order valence-corrected chi connectivity index (χ3v) is 6.25. The van der Waals surface area contributed by atoms with E-state index in [1.807, 2.05) is 17.2 Å². The van der Waals surface area contributed by atoms with Crippen LogP contribution < -0.4 is 0 Å². The van der Waals surface area contributed by atoms with E-state index in [1.54, 1.807) is 12.4 Å². The minimum atomic E-state index is -0.166. The molecule has 1 aliphatic heterocycles. The zero-order valence-corrected chi connectivity index (χ0v) is 15.2. The largest absolute Gasteiger partial charge is 0.469 e. The highest BCUT2D eigenvalue weighted by Gasteiger charge is 2.48. The fraction of sp³-hybridized carbons (Fsp3) is 0.550. The summed E-state index contributed by atoms with van der Waals surface area (Å²) in [5.41, 5.74) is 1.37. The maximum Gasteiger partial charge on any atom is 0.306 e. The minimum Gasteiger partial charge on any atom is -0.469 e. The number of fused-ring (bicyclic) bond motifs is 2. The van der Waals surface area contributed by atoms with E-state index in [0.29, 0.717) is 12.0 Å². The SMILES string of the molecule is COC(=O)C[C@]12CCCC[C@@H]1N(C(=O)c1cncc3[nH]ccc13)CCC2. The minimum absolute atomic E-state index is 0.0311. The molecule has 1 saturated heterocycles. The van der Waals surface area contributed by atoms with E-state index >= 15 is 0 Å². The number of hydrogen-bond acceptors (Lipinski definition) is 4. The average Bonchev–Trinajstić information content (AvgIpc) is 3.15. The number of likely N-dealkylation sites (tertiary alicyclic amines) is 1. The molecule has 2 aromatic rings. The normalized spacial score (nSPS) is 25.7. The Morgan fingerprint density at radius 2 is 2.15 bits per heavy atom. The van der Waals surface area contributed by atoms with E-state index in [4.69, 9.17) is 4.74 Å². The van der Waals surface area contributed by atoms with Gasteiger partial charge in [0.05, 0.1) is 30.8 Å². The number of aromatic nitrogens is 2. The second kappa shape index (κ2) is 6.74. The Bertz CT molecular complexity index is 827. The highest BCUT2D eigenvalue weighted by molar-refractivity contribution is 6.06. The summed E-state index contributed by atoms with van der Waals surface area (Å²) in [6.45, 7) is 0.743. The lowest BCUT2D eigenvalue weighted by Gasteiger charge is -2.52. The molecule has 0 unspecified atom stereocenters. The van der Waals surface area contributed by atoms with Crippen LogP contribution in [0, 0.1) is 5.41 Å². The molecule has 3 heterocycles. The van der Waals surface area contributed by atoms with E-state index in [-0.39, 0.29) is 23.3 Å². The number of pyridine rings is 1. The monoisotopic (exact) mass is 355 g/mol. The van der Waals surface area contributed by atoms with Crippen LogP contribution in [0.4, 0.5) is 0 Å². The highest BCUT2D eigenvalue weighted by Crippen LogP contribution is 2.49. The van der Waals surface area contributed by atoms with Crippen molar-refractivity contribution in [2.75, 3.05) is 13.7 Å². The number of aromatic amines is 1. The van der Waals surface area contributed by atoms with E-state index < -0.39 is 0 Å². The molecular formula is C20H25N3O3. The zero-order chi connectivity index (χ0) is 18.1. The van der Waals surface area contributed by atoms with Gasteiger partial charge in [-0.3, -0.25) is 14.6 Å². The zero-order valence-electron chi connectivity index (χ0n) is 15.2. The molecule has 1 N–H and O–H groups in total. The van der Waals surface area contributed by atoms with Gasteiger partial charge in [0, 0.05) is 35.8 Å². The van der Waals surface area contributed by atoms with Gasteiger partial charge in [0.15, 0.2) is 0 Å². The fourth-order valence-electron chi connectivity index (χ4n) is 5.03. The lowest BCUT2D eigenvalue weighted by Crippen LogP contribution is -2.56. The third kappa shape index (κ3) is 2.77. The molecule has 2 fully saturated rings. The molecule has 2 aromatic heterocycles. The fourth-order valence-corrected chi connectivity index (χ4v) is 5.03. The molecule has 0 aromatic carbocycles. The van der Waals surface area contributed by atoms with Gasteiger partial charge in [-0.05, 0) is 31.7 Å². The first kappa shape index (κ1) is 17.1. The summed E-state index contributed by atoms with van der Waals surface area (Å²) >= 11 is 0. The van der Waals surface area contributed by atoms with Crippen LogP contribution in [0.3, 0.4) is 0 Å². The second-order valence-electron chi connectivity index (χ2n) is 7.60. The molecule has 4 rings (SSSR count). The summed E-state index contributed by atoms with van der Waals surface area (Å²) in [6, 6.07) is 2.03. The van der Waals surface area contributed by atoms with Crippen LogP contribution >= 0.6 is 0 Å². The molecule has 1 saturated carbocycles. The van der Waals surface area contributed by atoms with Gasteiger partial charge in [-0.2, -0.15) is 0 Å². The quantitative estimate of drug-likeness (QED) is 0.857. The molecule has 26 heavy (non-hydrogen) atoms. The number of amides is 1. The van der Waals surface area contributed by atoms with E-state index in [2.05, 4.69) is 9.97 Å². The lowest BCUT2D eigenvalue weighted by atomic mass is 9.63. The highest BCUT2D eigenvalue weighted by atomic mass is 16.5. The number of rotatable bonds is 3. The second-order valence-corrected chi connectivity index (χ2v) is 7.60. The predicted molar refractivity (Wildman–Crippen MR) is 97.7 cm³/mol. The van der Waals surface area contributed by atoms with Crippen LogP contribution in [-0.4, -0.2) is 46.4 Å². The van der Waals surface area contributed by atoms with Crippen LogP contribution in [-0.2, 0) is 9.53 Å². The van der Waals surface area contributed by atoms with Crippen molar-refractivity contribution in [3.8, 4) is 0 Å². The molecule has 2 atom stereocenters. The molecule has 1 amide bonds. The Morgan fingerprint density at radius 3 is 3.00 bits per heavy atom. The van der Waals surface area contributed by atoms with Crippen molar-refractivity contribution in [2.24, 2.45) is 5.41 Å². The first-order chi connectivity index (χ1) is 12.6. The molecule has 1 aliphatic carbocycles. The molecule has 0 bridgehead atoms. The maximum absolute atomic E-state index is 13.4. The van der Waals surface area contributed by atoms with Gasteiger partial charge in [-0.15, -0.1) is 0 Å². The Labute approximate surface area is 152 Å². The number of H-pyrrole nitrogens is 1. The Balaban J connectivity index is 1.68. The first-order valence-electron chi connectivity index (χ1n) is 9.43. The number of hydrogen-bond donors (Lipinski definition) is 1. The maximum atomic E-state index is 13.4.